The van der Waals surface area contributed by atoms with Crippen molar-refractivity contribution in [2.75, 3.05) is 13.7 Å². The smallest absolute Gasteiger partial charge is 0.329 e. The van der Waals surface area contributed by atoms with Crippen LogP contribution in [0.15, 0.2) is 12.2 Å². The van der Waals surface area contributed by atoms with Gasteiger partial charge in [-0.05, 0) is 12.0 Å². The zero-order chi connectivity index (χ0) is 11.8. The standard InChI is InChI=1S/C9H15NO5/c1-6(3-4-15-2)8(12)7(9(13)14)10-5-11/h5,7-8,12H,1,3-4H2,2H3,(H,10,11)(H,13,14). The summed E-state index contributed by atoms with van der Waals surface area (Å²) in [5.41, 5.74) is 0.304. The van der Waals surface area contributed by atoms with Crippen LogP contribution in [0.5, 0.6) is 0 Å². The summed E-state index contributed by atoms with van der Waals surface area (Å²) in [5.74, 6) is -1.31. The Bertz CT molecular complexity index is 241. The molecule has 6 heteroatoms. The molecule has 15 heavy (non-hydrogen) atoms. The van der Waals surface area contributed by atoms with Gasteiger partial charge in [0.25, 0.3) is 0 Å². The first kappa shape index (κ1) is 13.6. The molecule has 0 fully saturated rings. The first-order chi connectivity index (χ1) is 7.04. The third-order valence-corrected chi connectivity index (χ3v) is 1.87. The van der Waals surface area contributed by atoms with Gasteiger partial charge in [-0.1, -0.05) is 6.58 Å². The first-order valence-corrected chi connectivity index (χ1v) is 4.31. The van der Waals surface area contributed by atoms with Gasteiger partial charge in [0.15, 0.2) is 6.04 Å². The molecule has 0 aliphatic heterocycles. The SMILES string of the molecule is C=C(CCOC)C(O)C(NC=O)C(=O)O. The van der Waals surface area contributed by atoms with Crippen molar-refractivity contribution in [3.8, 4) is 0 Å². The van der Waals surface area contributed by atoms with E-state index >= 15 is 0 Å². The summed E-state index contributed by atoms with van der Waals surface area (Å²) in [7, 11) is 1.48. The number of rotatable bonds is 8. The van der Waals surface area contributed by atoms with Crippen LogP contribution < -0.4 is 5.32 Å². The second kappa shape index (κ2) is 6.97. The monoisotopic (exact) mass is 217 g/mol. The van der Waals surface area contributed by atoms with Crippen LogP contribution in [0.1, 0.15) is 6.42 Å². The van der Waals surface area contributed by atoms with Crippen molar-refractivity contribution in [2.45, 2.75) is 18.6 Å². The van der Waals surface area contributed by atoms with Crippen LogP contribution in [0.4, 0.5) is 0 Å². The van der Waals surface area contributed by atoms with Crippen LogP contribution in [0.2, 0.25) is 0 Å². The highest BCUT2D eigenvalue weighted by Crippen LogP contribution is 2.09. The maximum atomic E-state index is 10.7. The Kier molecular flexibility index (Phi) is 6.32. The number of hydrogen-bond donors (Lipinski definition) is 3. The van der Waals surface area contributed by atoms with Crippen LogP contribution in [0, 0.1) is 0 Å². The maximum Gasteiger partial charge on any atom is 0.329 e. The van der Waals surface area contributed by atoms with Crippen molar-refractivity contribution in [2.24, 2.45) is 0 Å². The van der Waals surface area contributed by atoms with Crippen molar-refractivity contribution in [3.63, 3.8) is 0 Å². The number of carbonyl (C=O) groups is 2. The highest BCUT2D eigenvalue weighted by molar-refractivity contribution is 5.77. The number of amides is 1. The van der Waals surface area contributed by atoms with Gasteiger partial charge < -0.3 is 20.3 Å². The summed E-state index contributed by atoms with van der Waals surface area (Å²) in [5, 5.41) is 20.3. The molecule has 86 valence electrons. The minimum absolute atomic E-state index is 0.228. The lowest BCUT2D eigenvalue weighted by Crippen LogP contribution is -2.46. The quantitative estimate of drug-likeness (QED) is 0.363. The lowest BCUT2D eigenvalue weighted by Gasteiger charge is -2.20. The van der Waals surface area contributed by atoms with E-state index in [4.69, 9.17) is 9.84 Å². The number of hydrogen-bond acceptors (Lipinski definition) is 4. The molecule has 0 radical (unpaired) electrons. The molecule has 0 aromatic rings. The zero-order valence-electron chi connectivity index (χ0n) is 8.47. The minimum Gasteiger partial charge on any atom is -0.480 e. The van der Waals surface area contributed by atoms with Crippen molar-refractivity contribution < 1.29 is 24.5 Å². The lowest BCUT2D eigenvalue weighted by atomic mass is 10.0. The molecule has 0 rings (SSSR count). The summed E-state index contributed by atoms with van der Waals surface area (Å²) >= 11 is 0. The predicted molar refractivity (Wildman–Crippen MR) is 52.3 cm³/mol. The Hall–Kier alpha value is -1.40. The number of aliphatic hydroxyl groups excluding tert-OH is 1. The number of carbonyl (C=O) groups excluding carboxylic acids is 1. The van der Waals surface area contributed by atoms with Gasteiger partial charge in [-0.3, -0.25) is 4.79 Å². The number of carboxylic acids is 1. The molecule has 0 heterocycles. The van der Waals surface area contributed by atoms with E-state index in [1.165, 1.54) is 7.11 Å². The fraction of sp³-hybridized carbons (Fsp3) is 0.556. The topological polar surface area (TPSA) is 95.9 Å². The van der Waals surface area contributed by atoms with E-state index < -0.39 is 18.1 Å². The van der Waals surface area contributed by atoms with Crippen molar-refractivity contribution in [3.05, 3.63) is 12.2 Å². The Morgan fingerprint density at radius 2 is 2.27 bits per heavy atom. The van der Waals surface area contributed by atoms with Gasteiger partial charge in [0, 0.05) is 13.7 Å². The van der Waals surface area contributed by atoms with Crippen LogP contribution in [0.3, 0.4) is 0 Å². The average Bonchev–Trinajstić information content (AvgIpc) is 2.21. The molecule has 0 aromatic heterocycles. The first-order valence-electron chi connectivity index (χ1n) is 4.31. The van der Waals surface area contributed by atoms with Crippen LogP contribution in [-0.2, 0) is 14.3 Å². The van der Waals surface area contributed by atoms with Crippen molar-refractivity contribution in [1.29, 1.82) is 0 Å². The number of aliphatic hydroxyl groups is 1. The Balaban J connectivity index is 4.34. The van der Waals surface area contributed by atoms with Gasteiger partial charge in [-0.25, -0.2) is 4.79 Å². The summed E-state index contributed by atoms with van der Waals surface area (Å²) in [6.45, 7) is 3.87. The minimum atomic E-state index is -1.37. The highest BCUT2D eigenvalue weighted by Gasteiger charge is 2.27. The van der Waals surface area contributed by atoms with Gasteiger partial charge in [-0.2, -0.15) is 0 Å². The zero-order valence-corrected chi connectivity index (χ0v) is 8.47. The number of nitrogens with one attached hydrogen (secondary N) is 1. The molecule has 0 aliphatic rings. The normalized spacial score (nSPS) is 14.0. The van der Waals surface area contributed by atoms with E-state index in [9.17, 15) is 14.7 Å². The number of carboxylic acid groups (broad SMARTS) is 1. The van der Waals surface area contributed by atoms with Gasteiger partial charge >= 0.3 is 5.97 Å². The molecule has 1 amide bonds. The van der Waals surface area contributed by atoms with E-state index in [1.54, 1.807) is 0 Å². The van der Waals surface area contributed by atoms with Gasteiger partial charge in [0.2, 0.25) is 6.41 Å². The summed E-state index contributed by atoms with van der Waals surface area (Å²) in [6.07, 6.45) is -0.754. The largest absolute Gasteiger partial charge is 0.480 e. The van der Waals surface area contributed by atoms with Gasteiger partial charge in [-0.15, -0.1) is 0 Å². The predicted octanol–water partition coefficient (Wildman–Crippen LogP) is -0.861. The number of ether oxygens (including phenoxy) is 1. The van der Waals surface area contributed by atoms with Crippen LogP contribution >= 0.6 is 0 Å². The van der Waals surface area contributed by atoms with Gasteiger partial charge in [0.1, 0.15) is 6.10 Å². The summed E-state index contributed by atoms with van der Waals surface area (Å²) in [6, 6.07) is -1.37. The molecule has 0 spiro atoms. The Morgan fingerprint density at radius 1 is 1.67 bits per heavy atom. The molecular weight excluding hydrogens is 202 g/mol. The van der Waals surface area contributed by atoms with E-state index in [1.807, 2.05) is 5.32 Å². The number of aliphatic carboxylic acids is 1. The van der Waals surface area contributed by atoms with Crippen molar-refractivity contribution in [1.82, 2.24) is 5.32 Å². The molecule has 2 unspecified atom stereocenters. The second-order valence-corrected chi connectivity index (χ2v) is 2.95. The summed E-state index contributed by atoms with van der Waals surface area (Å²) in [4.78, 5) is 20.8. The average molecular weight is 217 g/mol. The molecule has 0 saturated heterocycles. The molecule has 0 saturated carbocycles. The molecule has 2 atom stereocenters. The fourth-order valence-electron chi connectivity index (χ4n) is 0.988. The molecule has 0 bridgehead atoms. The van der Waals surface area contributed by atoms with Crippen LogP contribution in [-0.4, -0.2) is 48.5 Å². The third kappa shape index (κ3) is 4.57. The summed E-state index contributed by atoms with van der Waals surface area (Å²) < 4.78 is 4.75. The molecule has 3 N–H and O–H groups in total. The Morgan fingerprint density at radius 3 is 2.67 bits per heavy atom. The highest BCUT2D eigenvalue weighted by atomic mass is 16.5. The molecule has 6 nitrogen and oxygen atoms in total. The fourth-order valence-corrected chi connectivity index (χ4v) is 0.988. The van der Waals surface area contributed by atoms with E-state index in [2.05, 4.69) is 6.58 Å². The van der Waals surface area contributed by atoms with E-state index in [0.717, 1.165) is 0 Å². The second-order valence-electron chi connectivity index (χ2n) is 2.95. The van der Waals surface area contributed by atoms with Gasteiger partial charge in [0.05, 0.1) is 0 Å². The number of methoxy groups -OCH3 is 1. The van der Waals surface area contributed by atoms with Crippen LogP contribution in [0.25, 0.3) is 0 Å². The van der Waals surface area contributed by atoms with E-state index in [-0.39, 0.29) is 6.41 Å². The lowest BCUT2D eigenvalue weighted by molar-refractivity contribution is -0.143. The van der Waals surface area contributed by atoms with Crippen molar-refractivity contribution >= 4 is 12.4 Å². The van der Waals surface area contributed by atoms with E-state index in [0.29, 0.717) is 18.6 Å². The molecule has 0 aliphatic carbocycles. The molecule has 0 aromatic carbocycles. The third-order valence-electron chi connectivity index (χ3n) is 1.87. The maximum absolute atomic E-state index is 10.7. The Labute approximate surface area is 87.5 Å². The molecular formula is C9H15NO5.